The Morgan fingerprint density at radius 1 is 1.50 bits per heavy atom. The standard InChI is InChI=1S/C13H24N2O4S/c1-9-10(2)20-8-6-15(9)13(18)14-11(12(16)17)5-4-7-19-3/h9-11H,4-8H2,1-3H3,(H,14,18)(H,16,17). The summed E-state index contributed by atoms with van der Waals surface area (Å²) in [5.41, 5.74) is 0. The van der Waals surface area contributed by atoms with Gasteiger partial charge in [0.1, 0.15) is 6.04 Å². The Morgan fingerprint density at radius 3 is 2.80 bits per heavy atom. The summed E-state index contributed by atoms with van der Waals surface area (Å²) in [5, 5.41) is 12.1. The van der Waals surface area contributed by atoms with Gasteiger partial charge in [0.15, 0.2) is 0 Å². The minimum Gasteiger partial charge on any atom is -0.480 e. The third-order valence-corrected chi connectivity index (χ3v) is 4.92. The number of aliphatic carboxylic acids is 1. The number of nitrogens with one attached hydrogen (secondary N) is 1. The van der Waals surface area contributed by atoms with E-state index in [2.05, 4.69) is 12.2 Å². The first-order valence-corrected chi connectivity index (χ1v) is 7.92. The summed E-state index contributed by atoms with van der Waals surface area (Å²) in [6.07, 6.45) is 0.983. The first kappa shape index (κ1) is 17.1. The molecule has 1 rings (SSSR count). The lowest BCUT2D eigenvalue weighted by molar-refractivity contribution is -0.139. The number of methoxy groups -OCH3 is 1. The van der Waals surface area contributed by atoms with E-state index in [4.69, 9.17) is 9.84 Å². The van der Waals surface area contributed by atoms with Crippen LogP contribution in [-0.4, -0.2) is 65.4 Å². The average molecular weight is 304 g/mol. The fraction of sp³-hybridized carbons (Fsp3) is 0.846. The normalized spacial score (nSPS) is 24.2. The van der Waals surface area contributed by atoms with Gasteiger partial charge in [0.05, 0.1) is 0 Å². The number of carbonyl (C=O) groups is 2. The fourth-order valence-electron chi connectivity index (χ4n) is 2.14. The number of carboxylic acid groups (broad SMARTS) is 1. The van der Waals surface area contributed by atoms with Crippen molar-refractivity contribution >= 4 is 23.8 Å². The maximum absolute atomic E-state index is 12.2. The highest BCUT2D eigenvalue weighted by molar-refractivity contribution is 8.00. The Bertz CT molecular complexity index is 340. The molecule has 0 aromatic heterocycles. The van der Waals surface area contributed by atoms with Crippen LogP contribution in [0.1, 0.15) is 26.7 Å². The zero-order valence-electron chi connectivity index (χ0n) is 12.3. The predicted molar refractivity (Wildman–Crippen MR) is 79.2 cm³/mol. The molecular weight excluding hydrogens is 280 g/mol. The minimum absolute atomic E-state index is 0.113. The summed E-state index contributed by atoms with van der Waals surface area (Å²) in [4.78, 5) is 25.1. The molecule has 3 atom stereocenters. The van der Waals surface area contributed by atoms with Gasteiger partial charge in [-0.25, -0.2) is 9.59 Å². The number of carboxylic acids is 1. The molecule has 1 aliphatic heterocycles. The van der Waals surface area contributed by atoms with Crippen LogP contribution in [0.15, 0.2) is 0 Å². The van der Waals surface area contributed by atoms with Crippen LogP contribution in [0.4, 0.5) is 4.79 Å². The molecule has 0 spiro atoms. The van der Waals surface area contributed by atoms with Gasteiger partial charge in [-0.2, -0.15) is 11.8 Å². The van der Waals surface area contributed by atoms with Crippen molar-refractivity contribution in [2.75, 3.05) is 26.0 Å². The maximum Gasteiger partial charge on any atom is 0.326 e. The fourth-order valence-corrected chi connectivity index (χ4v) is 3.24. The van der Waals surface area contributed by atoms with Gasteiger partial charge in [-0.15, -0.1) is 0 Å². The Kier molecular flexibility index (Phi) is 7.15. The van der Waals surface area contributed by atoms with Gasteiger partial charge in [-0.05, 0) is 19.8 Å². The number of thioether (sulfide) groups is 1. The van der Waals surface area contributed by atoms with Crippen molar-refractivity contribution in [3.05, 3.63) is 0 Å². The van der Waals surface area contributed by atoms with E-state index in [0.717, 1.165) is 5.75 Å². The molecule has 0 saturated carbocycles. The van der Waals surface area contributed by atoms with Gasteiger partial charge in [-0.1, -0.05) is 6.92 Å². The molecule has 1 aliphatic rings. The molecule has 0 aromatic carbocycles. The van der Waals surface area contributed by atoms with E-state index in [1.54, 1.807) is 12.0 Å². The van der Waals surface area contributed by atoms with Crippen molar-refractivity contribution in [2.24, 2.45) is 0 Å². The third-order valence-electron chi connectivity index (χ3n) is 3.58. The van der Waals surface area contributed by atoms with E-state index < -0.39 is 12.0 Å². The topological polar surface area (TPSA) is 78.9 Å². The molecular formula is C13H24N2O4S. The van der Waals surface area contributed by atoms with Crippen molar-refractivity contribution in [1.82, 2.24) is 10.2 Å². The molecule has 7 heteroatoms. The molecule has 3 unspecified atom stereocenters. The number of urea groups is 1. The zero-order valence-corrected chi connectivity index (χ0v) is 13.1. The molecule has 1 fully saturated rings. The molecule has 1 saturated heterocycles. The summed E-state index contributed by atoms with van der Waals surface area (Å²) in [5.74, 6) is -0.109. The molecule has 0 radical (unpaired) electrons. The van der Waals surface area contributed by atoms with Gasteiger partial charge in [-0.3, -0.25) is 0 Å². The molecule has 2 N–H and O–H groups in total. The second kappa shape index (κ2) is 8.36. The lowest BCUT2D eigenvalue weighted by atomic mass is 10.1. The zero-order chi connectivity index (χ0) is 15.1. The van der Waals surface area contributed by atoms with Crippen LogP contribution in [0.5, 0.6) is 0 Å². The SMILES string of the molecule is COCCCC(NC(=O)N1CCSC(C)C1C)C(=O)O. The maximum atomic E-state index is 12.2. The summed E-state index contributed by atoms with van der Waals surface area (Å²) in [6, 6.07) is -1.02. The van der Waals surface area contributed by atoms with E-state index in [9.17, 15) is 9.59 Å². The summed E-state index contributed by atoms with van der Waals surface area (Å²) >= 11 is 1.83. The van der Waals surface area contributed by atoms with Gasteiger partial charge < -0.3 is 20.1 Å². The van der Waals surface area contributed by atoms with Crippen LogP contribution in [0, 0.1) is 0 Å². The van der Waals surface area contributed by atoms with Gasteiger partial charge >= 0.3 is 12.0 Å². The van der Waals surface area contributed by atoms with Crippen molar-refractivity contribution in [3.63, 3.8) is 0 Å². The number of rotatable bonds is 6. The lowest BCUT2D eigenvalue weighted by Gasteiger charge is -2.37. The third kappa shape index (κ3) is 4.86. The van der Waals surface area contributed by atoms with Crippen molar-refractivity contribution in [3.8, 4) is 0 Å². The monoisotopic (exact) mass is 304 g/mol. The van der Waals surface area contributed by atoms with E-state index in [0.29, 0.717) is 31.2 Å². The number of amides is 2. The molecule has 2 amide bonds. The van der Waals surface area contributed by atoms with E-state index in [-0.39, 0.29) is 12.1 Å². The number of hydrogen-bond acceptors (Lipinski definition) is 4. The largest absolute Gasteiger partial charge is 0.480 e. The van der Waals surface area contributed by atoms with Crippen LogP contribution in [0.3, 0.4) is 0 Å². The number of nitrogens with zero attached hydrogens (tertiary/aromatic N) is 1. The van der Waals surface area contributed by atoms with Gasteiger partial charge in [0, 0.05) is 37.3 Å². The van der Waals surface area contributed by atoms with Crippen LogP contribution >= 0.6 is 11.8 Å². The van der Waals surface area contributed by atoms with E-state index in [1.807, 2.05) is 18.7 Å². The molecule has 1 heterocycles. The van der Waals surface area contributed by atoms with E-state index >= 15 is 0 Å². The van der Waals surface area contributed by atoms with Crippen LogP contribution < -0.4 is 5.32 Å². The van der Waals surface area contributed by atoms with Gasteiger partial charge in [0.25, 0.3) is 0 Å². The Labute approximate surface area is 124 Å². The number of carbonyl (C=O) groups excluding carboxylic acids is 1. The van der Waals surface area contributed by atoms with Crippen LogP contribution in [0.25, 0.3) is 0 Å². The number of ether oxygens (including phenoxy) is 1. The molecule has 20 heavy (non-hydrogen) atoms. The van der Waals surface area contributed by atoms with E-state index in [1.165, 1.54) is 0 Å². The second-order valence-corrected chi connectivity index (χ2v) is 6.47. The summed E-state index contributed by atoms with van der Waals surface area (Å²) < 4.78 is 4.91. The van der Waals surface area contributed by atoms with Crippen molar-refractivity contribution in [1.29, 1.82) is 0 Å². The van der Waals surface area contributed by atoms with Crippen LogP contribution in [0.2, 0.25) is 0 Å². The highest BCUT2D eigenvalue weighted by atomic mass is 32.2. The van der Waals surface area contributed by atoms with Crippen molar-refractivity contribution in [2.45, 2.75) is 44.0 Å². The molecule has 6 nitrogen and oxygen atoms in total. The first-order valence-electron chi connectivity index (χ1n) is 6.87. The first-order chi connectivity index (χ1) is 9.47. The molecule has 0 bridgehead atoms. The van der Waals surface area contributed by atoms with Crippen molar-refractivity contribution < 1.29 is 19.4 Å². The molecule has 0 aliphatic carbocycles. The molecule has 0 aromatic rings. The van der Waals surface area contributed by atoms with Gasteiger partial charge in [0.2, 0.25) is 0 Å². The highest BCUT2D eigenvalue weighted by Crippen LogP contribution is 2.24. The average Bonchev–Trinajstić information content (AvgIpc) is 2.40. The predicted octanol–water partition coefficient (Wildman–Crippen LogP) is 1.40. The minimum atomic E-state index is -0.999. The smallest absolute Gasteiger partial charge is 0.326 e. The Morgan fingerprint density at radius 2 is 2.20 bits per heavy atom. The molecule has 116 valence electrons. The Hall–Kier alpha value is -0.950. The highest BCUT2D eigenvalue weighted by Gasteiger charge is 2.31. The number of hydrogen-bond donors (Lipinski definition) is 2. The quantitative estimate of drug-likeness (QED) is 0.725. The second-order valence-electron chi connectivity index (χ2n) is 4.99. The van der Waals surface area contributed by atoms with Crippen LogP contribution in [-0.2, 0) is 9.53 Å². The lowest BCUT2D eigenvalue weighted by Crippen LogP contribution is -2.55. The Balaban J connectivity index is 2.54. The summed E-state index contributed by atoms with van der Waals surface area (Å²) in [7, 11) is 1.57. The summed E-state index contributed by atoms with van der Waals surface area (Å²) in [6.45, 7) is 5.24.